The van der Waals surface area contributed by atoms with Crippen LogP contribution >= 0.6 is 0 Å². The van der Waals surface area contributed by atoms with Gasteiger partial charge in [-0.2, -0.15) is 0 Å². The maximum absolute atomic E-state index is 12.6. The summed E-state index contributed by atoms with van der Waals surface area (Å²) >= 11 is 0. The minimum Gasteiger partial charge on any atom is -0.388 e. The highest BCUT2D eigenvalue weighted by atomic mass is 16.1. The summed E-state index contributed by atoms with van der Waals surface area (Å²) in [6, 6.07) is 5.59. The van der Waals surface area contributed by atoms with Crippen molar-refractivity contribution < 1.29 is 14.4 Å². The zero-order valence-corrected chi connectivity index (χ0v) is 13.9. The molecule has 0 heterocycles. The van der Waals surface area contributed by atoms with E-state index in [1.54, 1.807) is 0 Å². The predicted octanol–water partition coefficient (Wildman–Crippen LogP) is 3.44. The molecule has 0 aromatic heterocycles. The Morgan fingerprint density at radius 1 is 1.18 bits per heavy atom. The SMILES string of the molecule is CCc1c(NC)cccc1C(=O)CC(CCC(C)=O)C(C)=O. The Bertz CT molecular complexity index is 563. The zero-order chi connectivity index (χ0) is 16.7. The average molecular weight is 303 g/mol. The van der Waals surface area contributed by atoms with Crippen molar-refractivity contribution in [1.82, 2.24) is 0 Å². The molecule has 0 saturated heterocycles. The highest BCUT2D eigenvalue weighted by molar-refractivity contribution is 6.01. The van der Waals surface area contributed by atoms with Gasteiger partial charge >= 0.3 is 0 Å². The second kappa shape index (κ2) is 8.47. The smallest absolute Gasteiger partial charge is 0.163 e. The Hall–Kier alpha value is -1.97. The van der Waals surface area contributed by atoms with E-state index in [0.717, 1.165) is 17.7 Å². The molecule has 4 nitrogen and oxygen atoms in total. The number of ketones is 3. The lowest BCUT2D eigenvalue weighted by molar-refractivity contribution is -0.121. The Balaban J connectivity index is 2.95. The summed E-state index contributed by atoms with van der Waals surface area (Å²) < 4.78 is 0. The minimum absolute atomic E-state index is 0.0299. The molecule has 1 aromatic rings. The van der Waals surface area contributed by atoms with Gasteiger partial charge in [0.05, 0.1) is 0 Å². The number of carbonyl (C=O) groups excluding carboxylic acids is 3. The number of carbonyl (C=O) groups is 3. The van der Waals surface area contributed by atoms with Crippen molar-refractivity contribution >= 4 is 23.0 Å². The summed E-state index contributed by atoms with van der Waals surface area (Å²) in [6.07, 6.45) is 1.71. The highest BCUT2D eigenvalue weighted by Gasteiger charge is 2.21. The first-order valence-electron chi connectivity index (χ1n) is 7.73. The Labute approximate surface area is 132 Å². The summed E-state index contributed by atoms with van der Waals surface area (Å²) in [5.74, 6) is -0.389. The fourth-order valence-electron chi connectivity index (χ4n) is 2.62. The zero-order valence-electron chi connectivity index (χ0n) is 13.9. The molecule has 1 aromatic carbocycles. The number of hydrogen-bond donors (Lipinski definition) is 1. The maximum atomic E-state index is 12.6. The number of nitrogens with one attached hydrogen (secondary N) is 1. The lowest BCUT2D eigenvalue weighted by atomic mass is 9.88. The Kier molecular flexibility index (Phi) is 6.96. The van der Waals surface area contributed by atoms with Crippen LogP contribution in [0.15, 0.2) is 18.2 Å². The molecular formula is C18H25NO3. The lowest BCUT2D eigenvalue weighted by Gasteiger charge is -2.15. The van der Waals surface area contributed by atoms with Gasteiger partial charge in [0.1, 0.15) is 11.6 Å². The molecular weight excluding hydrogens is 278 g/mol. The monoisotopic (exact) mass is 303 g/mol. The second-order valence-corrected chi connectivity index (χ2v) is 5.61. The van der Waals surface area contributed by atoms with E-state index in [-0.39, 0.29) is 29.7 Å². The first kappa shape index (κ1) is 18.1. The molecule has 0 aliphatic heterocycles. The van der Waals surface area contributed by atoms with E-state index in [2.05, 4.69) is 5.32 Å². The molecule has 0 saturated carbocycles. The van der Waals surface area contributed by atoms with E-state index < -0.39 is 0 Å². The van der Waals surface area contributed by atoms with Crippen molar-refractivity contribution in [2.45, 2.75) is 46.5 Å². The maximum Gasteiger partial charge on any atom is 0.163 e. The Morgan fingerprint density at radius 3 is 2.36 bits per heavy atom. The molecule has 1 N–H and O–H groups in total. The quantitative estimate of drug-likeness (QED) is 0.710. The first-order chi connectivity index (χ1) is 10.4. The molecule has 0 aliphatic carbocycles. The third-order valence-electron chi connectivity index (χ3n) is 3.95. The van der Waals surface area contributed by atoms with E-state index in [1.165, 1.54) is 13.8 Å². The van der Waals surface area contributed by atoms with Gasteiger partial charge in [0.15, 0.2) is 5.78 Å². The summed E-state index contributed by atoms with van der Waals surface area (Å²) in [4.78, 5) is 35.4. The van der Waals surface area contributed by atoms with Crippen LogP contribution in [-0.4, -0.2) is 24.4 Å². The van der Waals surface area contributed by atoms with Crippen molar-refractivity contribution in [3.05, 3.63) is 29.3 Å². The van der Waals surface area contributed by atoms with Crippen molar-refractivity contribution in [1.29, 1.82) is 0 Å². The average Bonchev–Trinajstić information content (AvgIpc) is 2.49. The van der Waals surface area contributed by atoms with E-state index >= 15 is 0 Å². The van der Waals surface area contributed by atoms with Gasteiger partial charge in [-0.3, -0.25) is 9.59 Å². The van der Waals surface area contributed by atoms with Gasteiger partial charge in [0, 0.05) is 37.1 Å². The number of rotatable bonds is 9. The van der Waals surface area contributed by atoms with Gasteiger partial charge < -0.3 is 10.1 Å². The summed E-state index contributed by atoms with van der Waals surface area (Å²) in [7, 11) is 1.83. The van der Waals surface area contributed by atoms with Crippen LogP contribution in [0.3, 0.4) is 0 Å². The van der Waals surface area contributed by atoms with Crippen LogP contribution in [0.2, 0.25) is 0 Å². The predicted molar refractivity (Wildman–Crippen MR) is 88.4 cm³/mol. The first-order valence-corrected chi connectivity index (χ1v) is 7.73. The van der Waals surface area contributed by atoms with Crippen LogP contribution in [0.25, 0.3) is 0 Å². The van der Waals surface area contributed by atoms with Crippen LogP contribution in [0, 0.1) is 5.92 Å². The molecule has 0 spiro atoms. The summed E-state index contributed by atoms with van der Waals surface area (Å²) in [6.45, 7) is 5.00. The normalized spacial score (nSPS) is 11.8. The van der Waals surface area contributed by atoms with Gasteiger partial charge in [0.2, 0.25) is 0 Å². The van der Waals surface area contributed by atoms with Crippen LogP contribution < -0.4 is 5.32 Å². The molecule has 0 aliphatic rings. The van der Waals surface area contributed by atoms with E-state index in [9.17, 15) is 14.4 Å². The van der Waals surface area contributed by atoms with Crippen molar-refractivity contribution in [2.75, 3.05) is 12.4 Å². The molecule has 0 amide bonds. The molecule has 4 heteroatoms. The molecule has 22 heavy (non-hydrogen) atoms. The van der Waals surface area contributed by atoms with Gasteiger partial charge in [-0.25, -0.2) is 0 Å². The van der Waals surface area contributed by atoms with Gasteiger partial charge in [-0.05, 0) is 38.3 Å². The third kappa shape index (κ3) is 4.79. The number of benzene rings is 1. The molecule has 0 fully saturated rings. The van der Waals surface area contributed by atoms with Crippen molar-refractivity contribution in [2.24, 2.45) is 5.92 Å². The lowest BCUT2D eigenvalue weighted by Crippen LogP contribution is -2.18. The van der Waals surface area contributed by atoms with Crippen LogP contribution in [0.5, 0.6) is 0 Å². The van der Waals surface area contributed by atoms with Gasteiger partial charge in [-0.1, -0.05) is 19.1 Å². The molecule has 1 rings (SSSR count). The fourth-order valence-corrected chi connectivity index (χ4v) is 2.62. The second-order valence-electron chi connectivity index (χ2n) is 5.61. The summed E-state index contributed by atoms with van der Waals surface area (Å²) in [5, 5.41) is 3.09. The van der Waals surface area contributed by atoms with Gasteiger partial charge in [0.25, 0.3) is 0 Å². The third-order valence-corrected chi connectivity index (χ3v) is 3.95. The van der Waals surface area contributed by atoms with Crippen LogP contribution in [-0.2, 0) is 16.0 Å². The van der Waals surface area contributed by atoms with Crippen molar-refractivity contribution in [3.8, 4) is 0 Å². The molecule has 1 atom stereocenters. The van der Waals surface area contributed by atoms with Crippen LogP contribution in [0.1, 0.15) is 56.0 Å². The standard InChI is InChI=1S/C18H25NO3/c1-5-15-16(7-6-8-17(15)19-4)18(22)11-14(13(3)21)10-9-12(2)20/h6-8,14,19H,5,9-11H2,1-4H3. The highest BCUT2D eigenvalue weighted by Crippen LogP contribution is 2.24. The molecule has 0 bridgehead atoms. The van der Waals surface area contributed by atoms with E-state index in [4.69, 9.17) is 0 Å². The number of anilines is 1. The number of hydrogen-bond acceptors (Lipinski definition) is 4. The molecule has 1 unspecified atom stereocenters. The minimum atomic E-state index is -0.376. The molecule has 0 radical (unpaired) electrons. The summed E-state index contributed by atoms with van der Waals surface area (Å²) in [5.41, 5.74) is 2.59. The number of Topliss-reactive ketones (excluding diaryl/α,β-unsaturated/α-hetero) is 3. The largest absolute Gasteiger partial charge is 0.388 e. The van der Waals surface area contributed by atoms with E-state index in [1.807, 2.05) is 32.2 Å². The van der Waals surface area contributed by atoms with Crippen molar-refractivity contribution in [3.63, 3.8) is 0 Å². The fraction of sp³-hybridized carbons (Fsp3) is 0.500. The van der Waals surface area contributed by atoms with Gasteiger partial charge in [-0.15, -0.1) is 0 Å². The topological polar surface area (TPSA) is 63.2 Å². The molecule has 120 valence electrons. The van der Waals surface area contributed by atoms with E-state index in [0.29, 0.717) is 18.4 Å². The van der Waals surface area contributed by atoms with Crippen LogP contribution in [0.4, 0.5) is 5.69 Å². The Morgan fingerprint density at radius 2 is 1.86 bits per heavy atom.